The Labute approximate surface area is 154 Å². The molecule has 2 rings (SSSR count). The van der Waals surface area contributed by atoms with Crippen molar-refractivity contribution >= 4 is 18.3 Å². The lowest BCUT2D eigenvalue weighted by Crippen LogP contribution is -2.36. The van der Waals surface area contributed by atoms with Crippen molar-refractivity contribution in [3.63, 3.8) is 0 Å². The van der Waals surface area contributed by atoms with Crippen LogP contribution in [0.4, 0.5) is 0 Å². The number of pyridine rings is 1. The molecule has 136 valence electrons. The fraction of sp³-hybridized carbons (Fsp3) is 0.368. The van der Waals surface area contributed by atoms with E-state index in [0.717, 1.165) is 5.56 Å². The predicted octanol–water partition coefficient (Wildman–Crippen LogP) is 2.91. The number of amides is 1. The molecule has 0 aliphatic rings. The van der Waals surface area contributed by atoms with Gasteiger partial charge in [0, 0.05) is 25.3 Å². The maximum absolute atomic E-state index is 12.5. The lowest BCUT2D eigenvalue weighted by Gasteiger charge is -2.21. The van der Waals surface area contributed by atoms with E-state index in [1.54, 1.807) is 24.1 Å². The Morgan fingerprint density at radius 3 is 2.36 bits per heavy atom. The van der Waals surface area contributed by atoms with E-state index in [2.05, 4.69) is 18.8 Å². The van der Waals surface area contributed by atoms with E-state index in [9.17, 15) is 9.59 Å². The fourth-order valence-corrected chi connectivity index (χ4v) is 2.41. The summed E-state index contributed by atoms with van der Waals surface area (Å²) in [5.74, 6) is 0.0777. The zero-order chi connectivity index (χ0) is 17.7. The molecule has 0 saturated heterocycles. The van der Waals surface area contributed by atoms with Crippen molar-refractivity contribution in [3.8, 4) is 11.3 Å². The van der Waals surface area contributed by atoms with Gasteiger partial charge in [0.15, 0.2) is 0 Å². The van der Waals surface area contributed by atoms with Crippen molar-refractivity contribution in [1.82, 2.24) is 9.88 Å². The molecule has 25 heavy (non-hydrogen) atoms. The highest BCUT2D eigenvalue weighted by atomic mass is 35.5. The average Bonchev–Trinajstić information content (AvgIpc) is 2.59. The van der Waals surface area contributed by atoms with Crippen LogP contribution >= 0.6 is 12.4 Å². The molecule has 6 heteroatoms. The zero-order valence-electron chi connectivity index (χ0n) is 14.9. The van der Waals surface area contributed by atoms with E-state index in [-0.39, 0.29) is 35.5 Å². The standard InChI is InChI=1S/C19H25N3O2.ClH/c1-13(2)16(20)11-12-22(3)19(24)15-9-10-17(21-18(15)23)14-7-5-4-6-8-14;/h4-10,13,16H,11-12,20H2,1-3H3,(H,21,23);1H. The summed E-state index contributed by atoms with van der Waals surface area (Å²) in [5.41, 5.74) is 7.39. The number of rotatable bonds is 6. The summed E-state index contributed by atoms with van der Waals surface area (Å²) in [6, 6.07) is 12.9. The second-order valence-electron chi connectivity index (χ2n) is 6.40. The van der Waals surface area contributed by atoms with Gasteiger partial charge in [0.05, 0.1) is 0 Å². The Kier molecular flexibility index (Phi) is 7.87. The van der Waals surface area contributed by atoms with Gasteiger partial charge in [-0.15, -0.1) is 12.4 Å². The van der Waals surface area contributed by atoms with Crippen LogP contribution in [0.15, 0.2) is 47.3 Å². The highest BCUT2D eigenvalue weighted by molar-refractivity contribution is 5.93. The van der Waals surface area contributed by atoms with Crippen LogP contribution in [0.1, 0.15) is 30.6 Å². The van der Waals surface area contributed by atoms with Crippen LogP contribution in [0, 0.1) is 5.92 Å². The van der Waals surface area contributed by atoms with Crippen LogP contribution in [0.25, 0.3) is 11.3 Å². The molecule has 1 heterocycles. The zero-order valence-corrected chi connectivity index (χ0v) is 15.7. The van der Waals surface area contributed by atoms with E-state index in [0.29, 0.717) is 24.6 Å². The highest BCUT2D eigenvalue weighted by Gasteiger charge is 2.17. The summed E-state index contributed by atoms with van der Waals surface area (Å²) < 4.78 is 0. The van der Waals surface area contributed by atoms with E-state index in [4.69, 9.17) is 5.73 Å². The van der Waals surface area contributed by atoms with Crippen LogP contribution < -0.4 is 11.3 Å². The molecule has 1 aromatic carbocycles. The third-order valence-corrected chi connectivity index (χ3v) is 4.23. The average molecular weight is 364 g/mol. The highest BCUT2D eigenvalue weighted by Crippen LogP contribution is 2.15. The van der Waals surface area contributed by atoms with Crippen LogP contribution in [0.2, 0.25) is 0 Å². The first kappa shape index (κ1) is 20.9. The molecule has 0 fully saturated rings. The van der Waals surface area contributed by atoms with Gasteiger partial charge in [0.1, 0.15) is 5.56 Å². The van der Waals surface area contributed by atoms with E-state index in [1.807, 2.05) is 30.3 Å². The number of carbonyl (C=O) groups excluding carboxylic acids is 1. The molecule has 0 spiro atoms. The molecule has 0 saturated carbocycles. The van der Waals surface area contributed by atoms with Gasteiger partial charge < -0.3 is 15.6 Å². The topological polar surface area (TPSA) is 79.2 Å². The van der Waals surface area contributed by atoms with Crippen LogP contribution in [-0.4, -0.2) is 35.4 Å². The first-order chi connectivity index (χ1) is 11.4. The van der Waals surface area contributed by atoms with E-state index < -0.39 is 0 Å². The first-order valence-corrected chi connectivity index (χ1v) is 8.20. The summed E-state index contributed by atoms with van der Waals surface area (Å²) >= 11 is 0. The van der Waals surface area contributed by atoms with Gasteiger partial charge in [-0.2, -0.15) is 0 Å². The number of nitrogens with zero attached hydrogens (tertiary/aromatic N) is 1. The summed E-state index contributed by atoms with van der Waals surface area (Å²) in [5, 5.41) is 0. The number of nitrogens with one attached hydrogen (secondary N) is 1. The molecule has 3 N–H and O–H groups in total. The van der Waals surface area contributed by atoms with Crippen LogP contribution in [0.3, 0.4) is 0 Å². The third-order valence-electron chi connectivity index (χ3n) is 4.23. The molecule has 0 aliphatic carbocycles. The Bertz CT molecular complexity index is 744. The Balaban J connectivity index is 0.00000312. The molecule has 0 bridgehead atoms. The molecule has 1 unspecified atom stereocenters. The van der Waals surface area contributed by atoms with Gasteiger partial charge in [0.25, 0.3) is 11.5 Å². The smallest absolute Gasteiger partial charge is 0.261 e. The van der Waals surface area contributed by atoms with Crippen molar-refractivity contribution in [2.75, 3.05) is 13.6 Å². The Hall–Kier alpha value is -2.11. The Morgan fingerprint density at radius 2 is 1.80 bits per heavy atom. The molecule has 2 aromatic rings. The number of carbonyl (C=O) groups is 1. The van der Waals surface area contributed by atoms with Gasteiger partial charge in [-0.25, -0.2) is 0 Å². The van der Waals surface area contributed by atoms with Crippen molar-refractivity contribution in [2.24, 2.45) is 11.7 Å². The van der Waals surface area contributed by atoms with Gasteiger partial charge in [-0.05, 0) is 30.0 Å². The van der Waals surface area contributed by atoms with Gasteiger partial charge >= 0.3 is 0 Å². The maximum atomic E-state index is 12.5. The number of benzene rings is 1. The van der Waals surface area contributed by atoms with E-state index >= 15 is 0 Å². The Morgan fingerprint density at radius 1 is 1.16 bits per heavy atom. The number of aromatic amines is 1. The molecule has 5 nitrogen and oxygen atoms in total. The van der Waals surface area contributed by atoms with Crippen LogP contribution in [-0.2, 0) is 0 Å². The number of hydrogen-bond donors (Lipinski definition) is 2. The minimum absolute atomic E-state index is 0. The molecule has 0 aliphatic heterocycles. The lowest BCUT2D eigenvalue weighted by molar-refractivity contribution is 0.0787. The second-order valence-corrected chi connectivity index (χ2v) is 6.40. The van der Waals surface area contributed by atoms with Crippen molar-refractivity contribution in [3.05, 3.63) is 58.4 Å². The fourth-order valence-electron chi connectivity index (χ4n) is 2.41. The molecule has 1 amide bonds. The largest absolute Gasteiger partial charge is 0.341 e. The number of halogens is 1. The number of nitrogens with two attached hydrogens (primary N) is 1. The number of hydrogen-bond acceptors (Lipinski definition) is 3. The molecule has 1 aromatic heterocycles. The molecule has 1 atom stereocenters. The molecule has 0 radical (unpaired) electrons. The normalized spacial score (nSPS) is 11.7. The predicted molar refractivity (Wildman–Crippen MR) is 104 cm³/mol. The van der Waals surface area contributed by atoms with Crippen LogP contribution in [0.5, 0.6) is 0 Å². The summed E-state index contributed by atoms with van der Waals surface area (Å²) in [6.45, 7) is 4.64. The monoisotopic (exact) mass is 363 g/mol. The third kappa shape index (κ3) is 5.44. The number of H-pyrrole nitrogens is 1. The minimum Gasteiger partial charge on any atom is -0.341 e. The number of aromatic nitrogens is 1. The lowest BCUT2D eigenvalue weighted by atomic mass is 10.0. The summed E-state index contributed by atoms with van der Waals surface area (Å²) in [4.78, 5) is 29.1. The second kappa shape index (κ2) is 9.39. The van der Waals surface area contributed by atoms with Gasteiger partial charge in [0.2, 0.25) is 0 Å². The molecular weight excluding hydrogens is 338 g/mol. The van der Waals surface area contributed by atoms with Crippen molar-refractivity contribution in [1.29, 1.82) is 0 Å². The van der Waals surface area contributed by atoms with Gasteiger partial charge in [-0.3, -0.25) is 9.59 Å². The minimum atomic E-state index is -0.374. The SMILES string of the molecule is CC(C)C(N)CCN(C)C(=O)c1ccc(-c2ccccc2)[nH]c1=O.Cl. The molecular formula is C19H26ClN3O2. The maximum Gasteiger partial charge on any atom is 0.261 e. The summed E-state index contributed by atoms with van der Waals surface area (Å²) in [6.07, 6.45) is 0.708. The van der Waals surface area contributed by atoms with E-state index in [1.165, 1.54) is 0 Å². The quantitative estimate of drug-likeness (QED) is 0.828. The van der Waals surface area contributed by atoms with Crippen molar-refractivity contribution in [2.45, 2.75) is 26.3 Å². The van der Waals surface area contributed by atoms with Crippen molar-refractivity contribution < 1.29 is 4.79 Å². The van der Waals surface area contributed by atoms with Gasteiger partial charge in [-0.1, -0.05) is 44.2 Å². The first-order valence-electron chi connectivity index (χ1n) is 8.20. The summed E-state index contributed by atoms with van der Waals surface area (Å²) in [7, 11) is 1.69.